The number of benzene rings is 1. The quantitative estimate of drug-likeness (QED) is 0.554. The summed E-state index contributed by atoms with van der Waals surface area (Å²) in [6.45, 7) is 3.56. The molecule has 3 heterocycles. The number of piperidine rings is 1. The van der Waals surface area contributed by atoms with E-state index < -0.39 is 11.9 Å². The Morgan fingerprint density at radius 3 is 2.78 bits per heavy atom. The molecule has 0 aliphatic carbocycles. The van der Waals surface area contributed by atoms with E-state index in [2.05, 4.69) is 15.6 Å². The van der Waals surface area contributed by atoms with Gasteiger partial charge in [0.15, 0.2) is 0 Å². The number of fused-ring (bicyclic) bond motifs is 1. The zero-order valence-corrected chi connectivity index (χ0v) is 19.1. The van der Waals surface area contributed by atoms with Crippen LogP contribution in [-0.2, 0) is 20.8 Å². The van der Waals surface area contributed by atoms with Gasteiger partial charge in [-0.25, -0.2) is 4.98 Å². The third-order valence-electron chi connectivity index (χ3n) is 5.38. The monoisotopic (exact) mass is 472 g/mol. The fraction of sp³-hybridized carbons (Fsp3) is 0.318. The number of hydrogen-bond acceptors (Lipinski definition) is 6. The minimum Gasteiger partial charge on any atom is -0.326 e. The number of aromatic nitrogens is 2. The molecule has 10 heteroatoms. The van der Waals surface area contributed by atoms with E-state index in [0.717, 1.165) is 10.4 Å². The second kappa shape index (κ2) is 8.84. The van der Waals surface area contributed by atoms with Crippen LogP contribution in [0.2, 0.25) is 5.02 Å². The summed E-state index contributed by atoms with van der Waals surface area (Å²) in [7, 11) is 0. The minimum absolute atomic E-state index is 0.160. The molecule has 1 fully saturated rings. The fourth-order valence-electron chi connectivity index (χ4n) is 3.70. The molecule has 4 rings (SSSR count). The number of anilines is 1. The largest absolute Gasteiger partial charge is 0.326 e. The average molecular weight is 473 g/mol. The van der Waals surface area contributed by atoms with Crippen molar-refractivity contribution < 1.29 is 14.4 Å². The highest BCUT2D eigenvalue weighted by molar-refractivity contribution is 7.18. The maximum atomic E-state index is 13.1. The molecule has 1 aliphatic rings. The van der Waals surface area contributed by atoms with Gasteiger partial charge in [0.25, 0.3) is 5.56 Å². The first kappa shape index (κ1) is 22.2. The van der Waals surface area contributed by atoms with E-state index in [1.807, 2.05) is 13.0 Å². The van der Waals surface area contributed by atoms with Crippen LogP contribution in [0.25, 0.3) is 10.2 Å². The molecule has 0 saturated carbocycles. The van der Waals surface area contributed by atoms with Gasteiger partial charge in [-0.15, -0.1) is 11.3 Å². The van der Waals surface area contributed by atoms with Gasteiger partial charge in [-0.3, -0.25) is 29.1 Å². The SMILES string of the molecule is Cc1ccc(NC(=O)CCc2cc3nc(C)n(C4CCC(=O)NC4=O)c(=O)c3s2)cc1Cl. The Kier molecular flexibility index (Phi) is 6.12. The smallest absolute Gasteiger partial charge is 0.272 e. The molecule has 0 radical (unpaired) electrons. The lowest BCUT2D eigenvalue weighted by Gasteiger charge is -2.24. The standard InChI is InChI=1S/C22H21ClN4O4S/c1-11-3-4-13(9-15(11)23)25-18(28)7-5-14-10-16-20(32-14)22(31)27(12(2)24-16)17-6-8-19(29)26-21(17)30/h3-4,9-10,17H,5-8H2,1-2H3,(H,25,28)(H,26,29,30). The minimum atomic E-state index is -0.755. The number of rotatable bonds is 5. The third kappa shape index (κ3) is 4.44. The maximum absolute atomic E-state index is 13.1. The van der Waals surface area contributed by atoms with Crippen LogP contribution in [0.4, 0.5) is 5.69 Å². The van der Waals surface area contributed by atoms with Crippen LogP contribution in [0.3, 0.4) is 0 Å². The molecule has 8 nitrogen and oxygen atoms in total. The molecular weight excluding hydrogens is 452 g/mol. The Bertz CT molecular complexity index is 1310. The first-order chi connectivity index (χ1) is 15.2. The van der Waals surface area contributed by atoms with E-state index in [0.29, 0.717) is 33.2 Å². The van der Waals surface area contributed by atoms with Gasteiger partial charge in [-0.1, -0.05) is 17.7 Å². The van der Waals surface area contributed by atoms with Crippen LogP contribution in [0.1, 0.15) is 41.6 Å². The van der Waals surface area contributed by atoms with E-state index in [-0.39, 0.29) is 36.6 Å². The van der Waals surface area contributed by atoms with Gasteiger partial charge in [-0.2, -0.15) is 0 Å². The van der Waals surface area contributed by atoms with Gasteiger partial charge in [0, 0.05) is 28.4 Å². The molecule has 0 spiro atoms. The van der Waals surface area contributed by atoms with Crippen molar-refractivity contribution in [2.45, 2.75) is 45.6 Å². The molecule has 1 unspecified atom stereocenters. The molecule has 1 aromatic carbocycles. The summed E-state index contributed by atoms with van der Waals surface area (Å²) < 4.78 is 1.79. The van der Waals surface area contributed by atoms with Crippen LogP contribution in [0, 0.1) is 13.8 Å². The fourth-order valence-corrected chi connectivity index (χ4v) is 4.91. The van der Waals surface area contributed by atoms with Gasteiger partial charge in [0.1, 0.15) is 16.6 Å². The third-order valence-corrected chi connectivity index (χ3v) is 6.96. The summed E-state index contributed by atoms with van der Waals surface area (Å²) in [6.07, 6.45) is 1.12. The first-order valence-corrected chi connectivity index (χ1v) is 11.3. The second-order valence-corrected chi connectivity index (χ2v) is 9.28. The number of nitrogens with zero attached hydrogens (tertiary/aromatic N) is 2. The van der Waals surface area contributed by atoms with Crippen molar-refractivity contribution in [3.8, 4) is 0 Å². The second-order valence-electron chi connectivity index (χ2n) is 7.74. The molecule has 0 bridgehead atoms. The average Bonchev–Trinajstić information content (AvgIpc) is 3.14. The number of halogens is 1. The Labute approximate surface area is 192 Å². The lowest BCUT2D eigenvalue weighted by molar-refractivity contribution is -0.135. The van der Waals surface area contributed by atoms with Crippen molar-refractivity contribution >= 4 is 56.6 Å². The first-order valence-electron chi connectivity index (χ1n) is 10.1. The number of imide groups is 1. The van der Waals surface area contributed by atoms with Crippen molar-refractivity contribution in [2.24, 2.45) is 0 Å². The number of aryl methyl sites for hydroxylation is 3. The number of carbonyl (C=O) groups is 3. The molecule has 1 saturated heterocycles. The molecule has 32 heavy (non-hydrogen) atoms. The van der Waals surface area contributed by atoms with Gasteiger partial charge < -0.3 is 5.32 Å². The zero-order valence-electron chi connectivity index (χ0n) is 17.5. The zero-order chi connectivity index (χ0) is 23.0. The predicted molar refractivity (Wildman–Crippen MR) is 123 cm³/mol. The van der Waals surface area contributed by atoms with E-state index >= 15 is 0 Å². The topological polar surface area (TPSA) is 110 Å². The summed E-state index contributed by atoms with van der Waals surface area (Å²) in [6, 6.07) is 6.39. The van der Waals surface area contributed by atoms with Crippen molar-refractivity contribution in [1.82, 2.24) is 14.9 Å². The number of nitrogens with one attached hydrogen (secondary N) is 2. The van der Waals surface area contributed by atoms with E-state index in [1.54, 1.807) is 25.1 Å². The molecule has 2 N–H and O–H groups in total. The van der Waals surface area contributed by atoms with Crippen molar-refractivity contribution in [3.05, 3.63) is 55.9 Å². The van der Waals surface area contributed by atoms with Gasteiger partial charge in [0.05, 0.1) is 5.52 Å². The highest BCUT2D eigenvalue weighted by Gasteiger charge is 2.30. The number of hydrogen-bond donors (Lipinski definition) is 2. The van der Waals surface area contributed by atoms with E-state index in [9.17, 15) is 19.2 Å². The highest BCUT2D eigenvalue weighted by Crippen LogP contribution is 2.26. The van der Waals surface area contributed by atoms with Gasteiger partial charge in [-0.05, 0) is 50.5 Å². The maximum Gasteiger partial charge on any atom is 0.272 e. The summed E-state index contributed by atoms with van der Waals surface area (Å²) >= 11 is 7.37. The van der Waals surface area contributed by atoms with Crippen LogP contribution >= 0.6 is 22.9 Å². The van der Waals surface area contributed by atoms with Crippen molar-refractivity contribution in [1.29, 1.82) is 0 Å². The Balaban J connectivity index is 1.51. The summed E-state index contributed by atoms with van der Waals surface area (Å²) in [4.78, 5) is 54.5. The highest BCUT2D eigenvalue weighted by atomic mass is 35.5. The normalized spacial score (nSPS) is 16.3. The molecule has 1 aliphatic heterocycles. The summed E-state index contributed by atoms with van der Waals surface area (Å²) in [5.41, 5.74) is 1.80. The lowest BCUT2D eigenvalue weighted by Crippen LogP contribution is -2.45. The molecular formula is C22H21ClN4O4S. The van der Waals surface area contributed by atoms with Crippen LogP contribution in [-0.4, -0.2) is 27.3 Å². The van der Waals surface area contributed by atoms with E-state index in [1.165, 1.54) is 15.9 Å². The molecule has 1 atom stereocenters. The molecule has 2 aromatic heterocycles. The summed E-state index contributed by atoms with van der Waals surface area (Å²) in [5.74, 6) is -0.573. The lowest BCUT2D eigenvalue weighted by atomic mass is 10.1. The molecule has 3 amide bonds. The Hall–Kier alpha value is -3.04. The van der Waals surface area contributed by atoms with Crippen molar-refractivity contribution in [3.63, 3.8) is 0 Å². The molecule has 3 aromatic rings. The van der Waals surface area contributed by atoms with Crippen LogP contribution < -0.4 is 16.2 Å². The number of carbonyl (C=O) groups excluding carboxylic acids is 3. The van der Waals surface area contributed by atoms with Crippen LogP contribution in [0.15, 0.2) is 29.1 Å². The van der Waals surface area contributed by atoms with Gasteiger partial charge >= 0.3 is 0 Å². The van der Waals surface area contributed by atoms with Crippen LogP contribution in [0.5, 0.6) is 0 Å². The van der Waals surface area contributed by atoms with E-state index in [4.69, 9.17) is 11.6 Å². The number of amides is 3. The number of thiophene rings is 1. The van der Waals surface area contributed by atoms with Crippen molar-refractivity contribution in [2.75, 3.05) is 5.32 Å². The Morgan fingerprint density at radius 1 is 1.28 bits per heavy atom. The van der Waals surface area contributed by atoms with Gasteiger partial charge in [0.2, 0.25) is 17.7 Å². The Morgan fingerprint density at radius 2 is 2.06 bits per heavy atom. The summed E-state index contributed by atoms with van der Waals surface area (Å²) in [5, 5.41) is 5.69. The predicted octanol–water partition coefficient (Wildman–Crippen LogP) is 3.28. The molecule has 166 valence electrons.